The molecule has 132 valence electrons. The average Bonchev–Trinajstić information content (AvgIpc) is 3.01. The van der Waals surface area contributed by atoms with Crippen LogP contribution >= 0.6 is 11.3 Å². The van der Waals surface area contributed by atoms with E-state index in [4.69, 9.17) is 4.74 Å². The Hall–Kier alpha value is -1.47. The van der Waals surface area contributed by atoms with Gasteiger partial charge in [0.1, 0.15) is 6.61 Å². The smallest absolute Gasteiger partial charge is 0.248 e. The molecule has 7 heteroatoms. The van der Waals surface area contributed by atoms with E-state index in [9.17, 15) is 9.59 Å². The number of likely N-dealkylation sites (tertiary alicyclic amines) is 1. The van der Waals surface area contributed by atoms with Crippen molar-refractivity contribution in [1.82, 2.24) is 15.2 Å². The fourth-order valence-electron chi connectivity index (χ4n) is 3.20. The van der Waals surface area contributed by atoms with Gasteiger partial charge in [0.05, 0.1) is 17.2 Å². The van der Waals surface area contributed by atoms with E-state index >= 15 is 0 Å². The van der Waals surface area contributed by atoms with Gasteiger partial charge in [0.2, 0.25) is 11.8 Å². The highest BCUT2D eigenvalue weighted by Crippen LogP contribution is 2.30. The zero-order valence-corrected chi connectivity index (χ0v) is 14.9. The van der Waals surface area contributed by atoms with E-state index in [-0.39, 0.29) is 24.3 Å². The summed E-state index contributed by atoms with van der Waals surface area (Å²) in [5.41, 5.74) is 0.919. The Labute approximate surface area is 146 Å². The molecule has 1 aliphatic carbocycles. The van der Waals surface area contributed by atoms with E-state index in [1.807, 2.05) is 10.3 Å². The van der Waals surface area contributed by atoms with Gasteiger partial charge in [-0.05, 0) is 25.7 Å². The predicted molar refractivity (Wildman–Crippen MR) is 91.7 cm³/mol. The molecule has 3 rings (SSSR count). The van der Waals surface area contributed by atoms with E-state index in [0.717, 1.165) is 42.9 Å². The first-order valence-corrected chi connectivity index (χ1v) is 9.54. The Morgan fingerprint density at radius 2 is 2.21 bits per heavy atom. The number of ether oxygens (including phenoxy) is 1. The van der Waals surface area contributed by atoms with Gasteiger partial charge in [-0.15, -0.1) is 11.3 Å². The standard InChI is InChI=1S/C17H25N3O3S/c1-23-10-15(21)20-7-3-6-13(9-20)17-19-14(11-24-17)8-18-16(22)12-4-2-5-12/h11-13H,2-10H2,1H3,(H,18,22). The maximum absolute atomic E-state index is 12.0. The highest BCUT2D eigenvalue weighted by Gasteiger charge is 2.27. The summed E-state index contributed by atoms with van der Waals surface area (Å²) in [6.07, 6.45) is 5.24. The highest BCUT2D eigenvalue weighted by molar-refractivity contribution is 7.09. The Balaban J connectivity index is 1.52. The molecule has 2 heterocycles. The molecule has 0 bridgehead atoms. The number of carbonyl (C=O) groups excluding carboxylic acids is 2. The average molecular weight is 351 g/mol. The molecule has 0 radical (unpaired) electrons. The van der Waals surface area contributed by atoms with Crippen molar-refractivity contribution in [1.29, 1.82) is 0 Å². The Kier molecular flexibility index (Phi) is 5.84. The fraction of sp³-hybridized carbons (Fsp3) is 0.706. The minimum absolute atomic E-state index is 0.0479. The van der Waals surface area contributed by atoms with Crippen LogP contribution in [0.3, 0.4) is 0 Å². The van der Waals surface area contributed by atoms with E-state index in [1.54, 1.807) is 18.4 Å². The second kappa shape index (κ2) is 8.07. The van der Waals surface area contributed by atoms with Crippen molar-refractivity contribution in [3.05, 3.63) is 16.1 Å². The highest BCUT2D eigenvalue weighted by atomic mass is 32.1. The van der Waals surface area contributed by atoms with Crippen LogP contribution in [0.4, 0.5) is 0 Å². The topological polar surface area (TPSA) is 71.5 Å². The van der Waals surface area contributed by atoms with Crippen molar-refractivity contribution in [2.75, 3.05) is 26.8 Å². The molecule has 2 aliphatic rings. The molecule has 1 aliphatic heterocycles. The normalized spacial score (nSPS) is 21.4. The third kappa shape index (κ3) is 4.13. The summed E-state index contributed by atoms with van der Waals surface area (Å²) in [5.74, 6) is 0.707. The minimum Gasteiger partial charge on any atom is -0.375 e. The van der Waals surface area contributed by atoms with Crippen LogP contribution in [0.1, 0.15) is 48.7 Å². The molecule has 1 unspecified atom stereocenters. The minimum atomic E-state index is 0.0479. The summed E-state index contributed by atoms with van der Waals surface area (Å²) >= 11 is 1.63. The summed E-state index contributed by atoms with van der Waals surface area (Å²) in [6, 6.07) is 0. The molecule has 1 atom stereocenters. The van der Waals surface area contributed by atoms with Gasteiger partial charge in [0.25, 0.3) is 0 Å². The van der Waals surface area contributed by atoms with Crippen molar-refractivity contribution >= 4 is 23.2 Å². The Morgan fingerprint density at radius 1 is 1.38 bits per heavy atom. The number of aromatic nitrogens is 1. The molecule has 1 aromatic rings. The van der Waals surface area contributed by atoms with Gasteiger partial charge in [-0.25, -0.2) is 4.98 Å². The van der Waals surface area contributed by atoms with Crippen LogP contribution in [0.15, 0.2) is 5.38 Å². The number of hydrogen-bond donors (Lipinski definition) is 1. The lowest BCUT2D eigenvalue weighted by Gasteiger charge is -2.31. The Bertz CT molecular complexity index is 585. The largest absolute Gasteiger partial charge is 0.375 e. The van der Waals surface area contributed by atoms with Crippen LogP contribution in [-0.4, -0.2) is 48.5 Å². The van der Waals surface area contributed by atoms with Crippen molar-refractivity contribution in [3.8, 4) is 0 Å². The number of carbonyl (C=O) groups is 2. The summed E-state index contributed by atoms with van der Waals surface area (Å²) in [4.78, 5) is 30.4. The molecule has 0 aromatic carbocycles. The first-order chi connectivity index (χ1) is 11.7. The number of nitrogens with zero attached hydrogens (tertiary/aromatic N) is 2. The first-order valence-electron chi connectivity index (χ1n) is 8.66. The zero-order chi connectivity index (χ0) is 16.9. The molecule has 1 aromatic heterocycles. The summed E-state index contributed by atoms with van der Waals surface area (Å²) < 4.78 is 4.95. The zero-order valence-electron chi connectivity index (χ0n) is 14.1. The number of nitrogens with one attached hydrogen (secondary N) is 1. The molecule has 2 fully saturated rings. The van der Waals surface area contributed by atoms with Crippen LogP contribution in [0.2, 0.25) is 0 Å². The van der Waals surface area contributed by atoms with Gasteiger partial charge in [-0.3, -0.25) is 9.59 Å². The molecular formula is C17H25N3O3S. The number of amides is 2. The first kappa shape index (κ1) is 17.4. The van der Waals surface area contributed by atoms with Gasteiger partial charge in [0.15, 0.2) is 0 Å². The van der Waals surface area contributed by atoms with Gasteiger partial charge < -0.3 is 15.0 Å². The molecular weight excluding hydrogens is 326 g/mol. The molecule has 0 spiro atoms. The van der Waals surface area contributed by atoms with E-state index in [2.05, 4.69) is 10.3 Å². The van der Waals surface area contributed by atoms with Gasteiger partial charge in [-0.2, -0.15) is 0 Å². The van der Waals surface area contributed by atoms with Crippen molar-refractivity contribution < 1.29 is 14.3 Å². The van der Waals surface area contributed by atoms with Crippen LogP contribution in [0, 0.1) is 5.92 Å². The number of piperidine rings is 1. The van der Waals surface area contributed by atoms with Gasteiger partial charge in [0, 0.05) is 37.4 Å². The third-order valence-electron chi connectivity index (χ3n) is 4.88. The molecule has 1 saturated carbocycles. The van der Waals surface area contributed by atoms with Crippen LogP contribution in [-0.2, 0) is 20.9 Å². The third-order valence-corrected chi connectivity index (χ3v) is 5.94. The van der Waals surface area contributed by atoms with E-state index < -0.39 is 0 Å². The Morgan fingerprint density at radius 3 is 2.92 bits per heavy atom. The number of methoxy groups -OCH3 is 1. The molecule has 1 N–H and O–H groups in total. The summed E-state index contributed by atoms with van der Waals surface area (Å²) in [5, 5.41) is 6.07. The maximum Gasteiger partial charge on any atom is 0.248 e. The second-order valence-corrected chi connectivity index (χ2v) is 7.52. The number of thiazole rings is 1. The molecule has 6 nitrogen and oxygen atoms in total. The van der Waals surface area contributed by atoms with E-state index in [1.165, 1.54) is 6.42 Å². The van der Waals surface area contributed by atoms with Gasteiger partial charge in [-0.1, -0.05) is 6.42 Å². The van der Waals surface area contributed by atoms with Crippen molar-refractivity contribution in [2.45, 2.75) is 44.6 Å². The predicted octanol–water partition coefficient (Wildman–Crippen LogP) is 1.91. The van der Waals surface area contributed by atoms with E-state index in [0.29, 0.717) is 19.0 Å². The van der Waals surface area contributed by atoms with Crippen LogP contribution in [0.25, 0.3) is 0 Å². The molecule has 1 saturated heterocycles. The number of rotatable bonds is 6. The summed E-state index contributed by atoms with van der Waals surface area (Å²) in [6.45, 7) is 2.16. The second-order valence-electron chi connectivity index (χ2n) is 6.63. The van der Waals surface area contributed by atoms with Crippen molar-refractivity contribution in [2.24, 2.45) is 5.92 Å². The van der Waals surface area contributed by atoms with Gasteiger partial charge >= 0.3 is 0 Å². The summed E-state index contributed by atoms with van der Waals surface area (Å²) in [7, 11) is 1.55. The lowest BCUT2D eigenvalue weighted by atomic mass is 9.85. The lowest BCUT2D eigenvalue weighted by Crippen LogP contribution is -2.40. The monoisotopic (exact) mass is 351 g/mol. The number of hydrogen-bond acceptors (Lipinski definition) is 5. The van der Waals surface area contributed by atoms with Crippen LogP contribution < -0.4 is 5.32 Å². The maximum atomic E-state index is 12.0. The molecule has 24 heavy (non-hydrogen) atoms. The fourth-order valence-corrected chi connectivity index (χ4v) is 4.15. The SMILES string of the molecule is COCC(=O)N1CCCC(c2nc(CNC(=O)C3CCC3)cs2)C1. The quantitative estimate of drug-likeness (QED) is 0.850. The molecule has 2 amide bonds. The van der Waals surface area contributed by atoms with Crippen LogP contribution in [0.5, 0.6) is 0 Å². The lowest BCUT2D eigenvalue weighted by molar-refractivity contribution is -0.136. The van der Waals surface area contributed by atoms with Crippen molar-refractivity contribution in [3.63, 3.8) is 0 Å².